The van der Waals surface area contributed by atoms with E-state index in [4.69, 9.17) is 16.0 Å². The van der Waals surface area contributed by atoms with Crippen LogP contribution in [0.25, 0.3) is 0 Å². The van der Waals surface area contributed by atoms with Crippen molar-refractivity contribution in [2.24, 2.45) is 0 Å². The van der Waals surface area contributed by atoms with E-state index in [-0.39, 0.29) is 11.5 Å². The first kappa shape index (κ1) is 16.8. The van der Waals surface area contributed by atoms with Crippen molar-refractivity contribution in [1.29, 1.82) is 0 Å². The van der Waals surface area contributed by atoms with Gasteiger partial charge in [-0.2, -0.15) is 0 Å². The van der Waals surface area contributed by atoms with Gasteiger partial charge in [0, 0.05) is 5.56 Å². The standard InChI is InChI=1S/C19H15ClN2O3/c20-14-9-4-5-10-15(14)21-18(17(23)13-7-2-1-3-8-13)22-19(24)16-11-6-12-25-16/h1-12,18,21H,(H,22,24)/t18-/m0/s1. The van der Waals surface area contributed by atoms with Crippen LogP contribution in [0.2, 0.25) is 5.02 Å². The van der Waals surface area contributed by atoms with E-state index in [1.807, 2.05) is 6.07 Å². The number of carbonyl (C=O) groups excluding carboxylic acids is 2. The molecule has 0 aliphatic heterocycles. The van der Waals surface area contributed by atoms with Crippen molar-refractivity contribution in [2.45, 2.75) is 6.17 Å². The molecule has 0 saturated carbocycles. The maximum atomic E-state index is 12.8. The second kappa shape index (κ2) is 7.68. The Hall–Kier alpha value is -3.05. The fourth-order valence-electron chi connectivity index (χ4n) is 2.28. The lowest BCUT2D eigenvalue weighted by molar-refractivity contribution is 0.0853. The van der Waals surface area contributed by atoms with Gasteiger partial charge in [-0.1, -0.05) is 54.1 Å². The van der Waals surface area contributed by atoms with Crippen LogP contribution < -0.4 is 10.6 Å². The van der Waals surface area contributed by atoms with Crippen molar-refractivity contribution in [3.63, 3.8) is 0 Å². The molecule has 0 bridgehead atoms. The van der Waals surface area contributed by atoms with E-state index in [0.717, 1.165) is 0 Å². The Bertz CT molecular complexity index is 863. The predicted octanol–water partition coefficient (Wildman–Crippen LogP) is 3.98. The minimum atomic E-state index is -1.00. The number of Topliss-reactive ketones (excluding diaryl/α,β-unsaturated/α-hetero) is 1. The number of ketones is 1. The predicted molar refractivity (Wildman–Crippen MR) is 95.8 cm³/mol. The zero-order valence-corrected chi connectivity index (χ0v) is 13.9. The van der Waals surface area contributed by atoms with Gasteiger partial charge in [-0.3, -0.25) is 9.59 Å². The van der Waals surface area contributed by atoms with E-state index in [2.05, 4.69) is 10.6 Å². The van der Waals surface area contributed by atoms with Gasteiger partial charge in [0.15, 0.2) is 11.9 Å². The van der Waals surface area contributed by atoms with E-state index >= 15 is 0 Å². The molecule has 25 heavy (non-hydrogen) atoms. The van der Waals surface area contributed by atoms with Gasteiger partial charge in [-0.15, -0.1) is 0 Å². The van der Waals surface area contributed by atoms with Crippen molar-refractivity contribution in [2.75, 3.05) is 5.32 Å². The zero-order chi connectivity index (χ0) is 17.6. The minimum Gasteiger partial charge on any atom is -0.459 e. The molecule has 0 unspecified atom stereocenters. The molecule has 3 aromatic rings. The summed E-state index contributed by atoms with van der Waals surface area (Å²) in [6.45, 7) is 0. The van der Waals surface area contributed by atoms with E-state index in [1.165, 1.54) is 12.3 Å². The average molecular weight is 355 g/mol. The summed E-state index contributed by atoms with van der Waals surface area (Å²) >= 11 is 6.15. The van der Waals surface area contributed by atoms with Gasteiger partial charge in [0.1, 0.15) is 0 Å². The first-order valence-corrected chi connectivity index (χ1v) is 7.97. The lowest BCUT2D eigenvalue weighted by Crippen LogP contribution is -2.46. The molecule has 0 saturated heterocycles. The number of hydrogen-bond donors (Lipinski definition) is 2. The third-order valence-electron chi connectivity index (χ3n) is 3.51. The van der Waals surface area contributed by atoms with Gasteiger partial charge in [0.2, 0.25) is 5.78 Å². The molecule has 1 aromatic heterocycles. The molecular formula is C19H15ClN2O3. The Labute approximate surface area is 149 Å². The van der Waals surface area contributed by atoms with Gasteiger partial charge in [-0.25, -0.2) is 0 Å². The summed E-state index contributed by atoms with van der Waals surface area (Å²) in [5.74, 6) is -0.675. The van der Waals surface area contributed by atoms with Crippen LogP contribution in [0.1, 0.15) is 20.9 Å². The number of anilines is 1. The van der Waals surface area contributed by atoms with Crippen LogP contribution in [0.5, 0.6) is 0 Å². The monoisotopic (exact) mass is 354 g/mol. The number of rotatable bonds is 6. The summed E-state index contributed by atoms with van der Waals surface area (Å²) in [4.78, 5) is 25.1. The van der Waals surface area contributed by atoms with Crippen LogP contribution in [0.3, 0.4) is 0 Å². The molecule has 126 valence electrons. The molecule has 1 heterocycles. The molecular weight excluding hydrogens is 340 g/mol. The summed E-state index contributed by atoms with van der Waals surface area (Å²) in [6, 6.07) is 18.8. The second-order valence-corrected chi connectivity index (χ2v) is 5.65. The van der Waals surface area contributed by atoms with Crippen molar-refractivity contribution in [3.8, 4) is 0 Å². The first-order chi connectivity index (χ1) is 12.1. The SMILES string of the molecule is O=C(N[C@H](Nc1ccccc1Cl)C(=O)c1ccccc1)c1ccco1. The molecule has 0 aliphatic rings. The fourth-order valence-corrected chi connectivity index (χ4v) is 2.47. The Morgan fingerprint density at radius 1 is 0.920 bits per heavy atom. The van der Waals surface area contributed by atoms with Gasteiger partial charge in [-0.05, 0) is 24.3 Å². The molecule has 5 nitrogen and oxygen atoms in total. The molecule has 2 aromatic carbocycles. The van der Waals surface area contributed by atoms with Gasteiger partial charge in [0.25, 0.3) is 5.91 Å². The topological polar surface area (TPSA) is 71.3 Å². The number of carbonyl (C=O) groups is 2. The number of furan rings is 1. The number of amides is 1. The molecule has 6 heteroatoms. The summed E-state index contributed by atoms with van der Waals surface area (Å²) in [6.07, 6.45) is 0.393. The lowest BCUT2D eigenvalue weighted by atomic mass is 10.1. The van der Waals surface area contributed by atoms with Crippen LogP contribution >= 0.6 is 11.6 Å². The third kappa shape index (κ3) is 4.08. The van der Waals surface area contributed by atoms with Crippen LogP contribution in [0.15, 0.2) is 77.4 Å². The molecule has 0 fully saturated rings. The van der Waals surface area contributed by atoms with Crippen molar-refractivity contribution < 1.29 is 14.0 Å². The minimum absolute atomic E-state index is 0.117. The zero-order valence-electron chi connectivity index (χ0n) is 13.1. The van der Waals surface area contributed by atoms with Crippen LogP contribution in [-0.2, 0) is 0 Å². The van der Waals surface area contributed by atoms with Crippen LogP contribution in [0.4, 0.5) is 5.69 Å². The number of para-hydroxylation sites is 1. The van der Waals surface area contributed by atoms with Crippen LogP contribution in [-0.4, -0.2) is 17.9 Å². The highest BCUT2D eigenvalue weighted by atomic mass is 35.5. The lowest BCUT2D eigenvalue weighted by Gasteiger charge is -2.20. The van der Waals surface area contributed by atoms with Crippen molar-refractivity contribution in [1.82, 2.24) is 5.32 Å². The molecule has 1 amide bonds. The van der Waals surface area contributed by atoms with Crippen molar-refractivity contribution in [3.05, 3.63) is 89.3 Å². The largest absolute Gasteiger partial charge is 0.459 e. The molecule has 0 aliphatic carbocycles. The summed E-state index contributed by atoms with van der Waals surface area (Å²) < 4.78 is 5.08. The number of halogens is 1. The summed E-state index contributed by atoms with van der Waals surface area (Å²) in [5.41, 5.74) is 1.00. The number of nitrogens with one attached hydrogen (secondary N) is 2. The molecule has 1 atom stereocenters. The Morgan fingerprint density at radius 2 is 1.64 bits per heavy atom. The van der Waals surface area contributed by atoms with E-state index < -0.39 is 12.1 Å². The smallest absolute Gasteiger partial charge is 0.288 e. The van der Waals surface area contributed by atoms with Gasteiger partial charge < -0.3 is 15.1 Å². The van der Waals surface area contributed by atoms with Crippen molar-refractivity contribution >= 4 is 29.0 Å². The van der Waals surface area contributed by atoms with E-state index in [0.29, 0.717) is 16.3 Å². The maximum absolute atomic E-state index is 12.8. The molecule has 3 rings (SSSR count). The normalized spacial score (nSPS) is 11.6. The Morgan fingerprint density at radius 3 is 2.32 bits per heavy atom. The second-order valence-electron chi connectivity index (χ2n) is 5.24. The van der Waals surface area contributed by atoms with Gasteiger partial charge in [0.05, 0.1) is 17.0 Å². The highest BCUT2D eigenvalue weighted by molar-refractivity contribution is 6.33. The Kier molecular flexibility index (Phi) is 5.16. The van der Waals surface area contributed by atoms with Gasteiger partial charge >= 0.3 is 0 Å². The highest BCUT2D eigenvalue weighted by Crippen LogP contribution is 2.21. The molecule has 0 spiro atoms. The first-order valence-electron chi connectivity index (χ1n) is 7.60. The fraction of sp³-hybridized carbons (Fsp3) is 0.0526. The van der Waals surface area contributed by atoms with Crippen LogP contribution in [0, 0.1) is 0 Å². The van der Waals surface area contributed by atoms with E-state index in [9.17, 15) is 9.59 Å². The summed E-state index contributed by atoms with van der Waals surface area (Å²) in [5, 5.41) is 6.07. The average Bonchev–Trinajstić information content (AvgIpc) is 3.18. The summed E-state index contributed by atoms with van der Waals surface area (Å²) in [7, 11) is 0. The quantitative estimate of drug-likeness (QED) is 0.518. The highest BCUT2D eigenvalue weighted by Gasteiger charge is 2.24. The Balaban J connectivity index is 1.86. The number of benzene rings is 2. The molecule has 0 radical (unpaired) electrons. The van der Waals surface area contributed by atoms with E-state index in [1.54, 1.807) is 54.6 Å². The number of hydrogen-bond acceptors (Lipinski definition) is 4. The third-order valence-corrected chi connectivity index (χ3v) is 3.84. The maximum Gasteiger partial charge on any atom is 0.288 e. The molecule has 2 N–H and O–H groups in total.